The van der Waals surface area contributed by atoms with Gasteiger partial charge in [-0.3, -0.25) is 4.79 Å². The van der Waals surface area contributed by atoms with Crippen molar-refractivity contribution in [1.29, 1.82) is 5.26 Å². The number of aromatic nitrogens is 3. The van der Waals surface area contributed by atoms with Gasteiger partial charge < -0.3 is 14.4 Å². The van der Waals surface area contributed by atoms with E-state index in [9.17, 15) is 10.1 Å². The highest BCUT2D eigenvalue weighted by Crippen LogP contribution is 2.49. The van der Waals surface area contributed by atoms with Gasteiger partial charge >= 0.3 is 0 Å². The summed E-state index contributed by atoms with van der Waals surface area (Å²) in [5.41, 5.74) is 2.10. The van der Waals surface area contributed by atoms with Crippen LogP contribution in [0.15, 0.2) is 36.4 Å². The smallest absolute Gasteiger partial charge is 0.236 e. The Hall–Kier alpha value is -3.44. The molecule has 3 aromatic rings. The van der Waals surface area contributed by atoms with Crippen molar-refractivity contribution >= 4 is 11.6 Å². The first-order chi connectivity index (χ1) is 14.7. The Kier molecular flexibility index (Phi) is 4.40. The molecule has 2 aromatic heterocycles. The summed E-state index contributed by atoms with van der Waals surface area (Å²) < 4.78 is 12.6. The fourth-order valence-electron chi connectivity index (χ4n) is 4.00. The van der Waals surface area contributed by atoms with Crippen molar-refractivity contribution in [3.8, 4) is 23.1 Å². The van der Waals surface area contributed by atoms with Crippen molar-refractivity contribution in [3.05, 3.63) is 47.8 Å². The molecule has 30 heavy (non-hydrogen) atoms. The van der Waals surface area contributed by atoms with Gasteiger partial charge in [0.2, 0.25) is 5.91 Å². The molecule has 2 aliphatic rings. The van der Waals surface area contributed by atoms with E-state index in [4.69, 9.17) is 19.6 Å². The second-order valence-corrected chi connectivity index (χ2v) is 7.64. The molecule has 2 fully saturated rings. The van der Waals surface area contributed by atoms with Crippen molar-refractivity contribution in [2.75, 3.05) is 33.4 Å². The zero-order valence-electron chi connectivity index (χ0n) is 16.7. The number of rotatable bonds is 4. The number of carbonyl (C=O) groups excluding carboxylic acids is 1. The molecule has 0 atom stereocenters. The van der Waals surface area contributed by atoms with E-state index in [2.05, 4.69) is 6.07 Å². The average Bonchev–Trinajstić information content (AvgIpc) is 3.50. The molecule has 1 saturated carbocycles. The second-order valence-electron chi connectivity index (χ2n) is 7.64. The first-order valence-electron chi connectivity index (χ1n) is 9.98. The summed E-state index contributed by atoms with van der Waals surface area (Å²) in [6.07, 6.45) is 1.48. The van der Waals surface area contributed by atoms with Crippen molar-refractivity contribution in [1.82, 2.24) is 19.5 Å². The third-order valence-electron chi connectivity index (χ3n) is 5.84. The Morgan fingerprint density at radius 3 is 2.73 bits per heavy atom. The molecule has 3 heterocycles. The van der Waals surface area contributed by atoms with E-state index in [1.807, 2.05) is 35.2 Å². The molecule has 0 radical (unpaired) electrons. The molecular weight excluding hydrogens is 382 g/mol. The normalized spacial score (nSPS) is 17.5. The Morgan fingerprint density at radius 1 is 1.23 bits per heavy atom. The second kappa shape index (κ2) is 7.11. The fourth-order valence-corrected chi connectivity index (χ4v) is 4.00. The van der Waals surface area contributed by atoms with Crippen LogP contribution in [0.1, 0.15) is 24.2 Å². The molecular formula is C22H21N5O3. The zero-order valence-corrected chi connectivity index (χ0v) is 16.7. The summed E-state index contributed by atoms with van der Waals surface area (Å²) in [4.78, 5) is 19.9. The van der Waals surface area contributed by atoms with Gasteiger partial charge in [0.05, 0.1) is 37.7 Å². The summed E-state index contributed by atoms with van der Waals surface area (Å²) >= 11 is 0. The SMILES string of the molecule is COc1ccc(-c2cccc(C#N)c2)n2nc(C3(C(=O)N4CCOCC4)CC3)nc12. The molecule has 0 unspecified atom stereocenters. The number of morpholine rings is 1. The summed E-state index contributed by atoms with van der Waals surface area (Å²) in [6.45, 7) is 2.33. The number of hydrogen-bond donors (Lipinski definition) is 0. The van der Waals surface area contributed by atoms with Crippen molar-refractivity contribution in [2.24, 2.45) is 0 Å². The van der Waals surface area contributed by atoms with Gasteiger partial charge in [0.15, 0.2) is 17.2 Å². The number of fused-ring (bicyclic) bond motifs is 1. The Bertz CT molecular complexity index is 1170. The number of methoxy groups -OCH3 is 1. The minimum Gasteiger partial charge on any atom is -0.493 e. The number of ether oxygens (including phenoxy) is 2. The predicted molar refractivity (Wildman–Crippen MR) is 108 cm³/mol. The standard InChI is InChI=1S/C22H21N5O3/c1-29-18-6-5-17(16-4-2-3-15(13-16)14-23)27-19(18)24-20(25-27)22(7-8-22)21(28)26-9-11-30-12-10-26/h2-6,13H,7-12H2,1H3. The maximum absolute atomic E-state index is 13.3. The summed E-state index contributed by atoms with van der Waals surface area (Å²) in [6, 6.07) is 13.2. The number of benzene rings is 1. The molecule has 8 heteroatoms. The van der Waals surface area contributed by atoms with Crippen molar-refractivity contribution < 1.29 is 14.3 Å². The van der Waals surface area contributed by atoms with Gasteiger partial charge in [-0.25, -0.2) is 9.50 Å². The lowest BCUT2D eigenvalue weighted by Crippen LogP contribution is -2.46. The molecule has 0 N–H and O–H groups in total. The Morgan fingerprint density at radius 2 is 2.03 bits per heavy atom. The molecule has 1 aromatic carbocycles. The molecule has 152 valence electrons. The van der Waals surface area contributed by atoms with Gasteiger partial charge in [0.1, 0.15) is 5.41 Å². The molecule has 0 bridgehead atoms. The van der Waals surface area contributed by atoms with Crippen LogP contribution in [0.4, 0.5) is 0 Å². The summed E-state index contributed by atoms with van der Waals surface area (Å²) in [5.74, 6) is 1.19. The minimum absolute atomic E-state index is 0.0775. The van der Waals surface area contributed by atoms with Crippen LogP contribution in [0.3, 0.4) is 0 Å². The van der Waals surface area contributed by atoms with Crippen LogP contribution in [0.25, 0.3) is 16.9 Å². The van der Waals surface area contributed by atoms with E-state index >= 15 is 0 Å². The molecule has 1 amide bonds. The average molecular weight is 403 g/mol. The molecule has 8 nitrogen and oxygen atoms in total. The number of amides is 1. The van der Waals surface area contributed by atoms with Crippen LogP contribution < -0.4 is 4.74 Å². The van der Waals surface area contributed by atoms with Crippen LogP contribution >= 0.6 is 0 Å². The van der Waals surface area contributed by atoms with E-state index in [0.717, 1.165) is 24.1 Å². The third-order valence-corrected chi connectivity index (χ3v) is 5.84. The fraction of sp³-hybridized carbons (Fsp3) is 0.364. The maximum Gasteiger partial charge on any atom is 0.236 e. The van der Waals surface area contributed by atoms with E-state index in [-0.39, 0.29) is 5.91 Å². The quantitative estimate of drug-likeness (QED) is 0.663. The topological polar surface area (TPSA) is 92.7 Å². The van der Waals surface area contributed by atoms with E-state index < -0.39 is 5.41 Å². The van der Waals surface area contributed by atoms with Crippen LogP contribution in [-0.2, 0) is 14.9 Å². The number of nitriles is 1. The lowest BCUT2D eigenvalue weighted by atomic mass is 10.0. The first-order valence-corrected chi connectivity index (χ1v) is 9.98. The van der Waals surface area contributed by atoms with Crippen molar-refractivity contribution in [3.63, 3.8) is 0 Å². The summed E-state index contributed by atoms with van der Waals surface area (Å²) in [5, 5.41) is 14.0. The number of pyridine rings is 1. The molecule has 1 aliphatic heterocycles. The minimum atomic E-state index is -0.667. The lowest BCUT2D eigenvalue weighted by molar-refractivity contribution is -0.138. The van der Waals surface area contributed by atoms with Gasteiger partial charge in [-0.2, -0.15) is 5.26 Å². The summed E-state index contributed by atoms with van der Waals surface area (Å²) in [7, 11) is 1.59. The highest BCUT2D eigenvalue weighted by molar-refractivity contribution is 5.90. The number of hydrogen-bond acceptors (Lipinski definition) is 6. The van der Waals surface area contributed by atoms with Gasteiger partial charge in [-0.15, -0.1) is 5.10 Å². The van der Waals surface area contributed by atoms with E-state index in [1.54, 1.807) is 17.7 Å². The monoisotopic (exact) mass is 403 g/mol. The predicted octanol–water partition coefficient (Wildman–Crippen LogP) is 2.17. The number of carbonyl (C=O) groups is 1. The largest absolute Gasteiger partial charge is 0.493 e. The highest BCUT2D eigenvalue weighted by Gasteiger charge is 2.56. The van der Waals surface area contributed by atoms with Crippen LogP contribution in [0, 0.1) is 11.3 Å². The first kappa shape index (κ1) is 18.6. The third kappa shape index (κ3) is 2.90. The van der Waals surface area contributed by atoms with Crippen molar-refractivity contribution in [2.45, 2.75) is 18.3 Å². The highest BCUT2D eigenvalue weighted by atomic mass is 16.5. The molecule has 1 saturated heterocycles. The van der Waals surface area contributed by atoms with Crippen LogP contribution in [-0.4, -0.2) is 58.8 Å². The number of nitrogens with zero attached hydrogens (tertiary/aromatic N) is 5. The molecule has 5 rings (SSSR count). The zero-order chi connectivity index (χ0) is 20.7. The van der Waals surface area contributed by atoms with Gasteiger partial charge in [-0.05, 0) is 37.1 Å². The van der Waals surface area contributed by atoms with Gasteiger partial charge in [0, 0.05) is 18.7 Å². The van der Waals surface area contributed by atoms with Crippen LogP contribution in [0.2, 0.25) is 0 Å². The Balaban J connectivity index is 1.61. The maximum atomic E-state index is 13.3. The van der Waals surface area contributed by atoms with E-state index in [0.29, 0.717) is 49.1 Å². The van der Waals surface area contributed by atoms with Gasteiger partial charge in [0.25, 0.3) is 0 Å². The molecule has 0 spiro atoms. The van der Waals surface area contributed by atoms with E-state index in [1.165, 1.54) is 0 Å². The lowest BCUT2D eigenvalue weighted by Gasteiger charge is -2.29. The van der Waals surface area contributed by atoms with Crippen LogP contribution in [0.5, 0.6) is 5.75 Å². The molecule has 1 aliphatic carbocycles. The van der Waals surface area contributed by atoms with Gasteiger partial charge in [-0.1, -0.05) is 12.1 Å². The Labute approximate surface area is 173 Å².